The van der Waals surface area contributed by atoms with E-state index < -0.39 is 34.9 Å². The number of nitrogens with one attached hydrogen (secondary N) is 1. The van der Waals surface area contributed by atoms with Gasteiger partial charge in [0.15, 0.2) is 11.5 Å². The molecule has 0 saturated carbocycles. The van der Waals surface area contributed by atoms with Gasteiger partial charge in [0.1, 0.15) is 11.2 Å². The summed E-state index contributed by atoms with van der Waals surface area (Å²) in [5, 5.41) is 3.38. The first kappa shape index (κ1) is 16.0. The number of H-pyrrole nitrogens is 1. The number of aromatic nitrogens is 4. The van der Waals surface area contributed by atoms with Crippen molar-refractivity contribution in [2.75, 3.05) is 0 Å². The quantitative estimate of drug-likeness (QED) is 0.725. The fourth-order valence-corrected chi connectivity index (χ4v) is 2.00. The lowest BCUT2D eigenvalue weighted by atomic mass is 10.3. The topological polar surface area (TPSA) is 63.6 Å². The van der Waals surface area contributed by atoms with E-state index in [1.165, 1.54) is 17.1 Å². The minimum atomic E-state index is -5.94. The zero-order valence-corrected chi connectivity index (χ0v) is 11.4. The number of nitrogens with zero attached hydrogens (tertiary/aromatic N) is 3. The Labute approximate surface area is 128 Å². The molecule has 0 aliphatic carbocycles. The third-order valence-electron chi connectivity index (χ3n) is 3.14. The summed E-state index contributed by atoms with van der Waals surface area (Å²) in [6.45, 7) is 0. The maximum atomic E-state index is 13.4. The van der Waals surface area contributed by atoms with Crippen LogP contribution < -0.4 is 5.56 Å². The first-order chi connectivity index (χ1) is 11.1. The van der Waals surface area contributed by atoms with Crippen LogP contribution in [-0.4, -0.2) is 25.9 Å². The van der Waals surface area contributed by atoms with Crippen molar-refractivity contribution in [3.8, 4) is 5.69 Å². The molecule has 0 radical (unpaired) electrons. The van der Waals surface area contributed by atoms with Gasteiger partial charge in [-0.25, -0.2) is 14.1 Å². The Balaban J connectivity index is 2.28. The van der Waals surface area contributed by atoms with Gasteiger partial charge >= 0.3 is 12.1 Å². The van der Waals surface area contributed by atoms with Gasteiger partial charge < -0.3 is 4.98 Å². The Morgan fingerprint density at radius 3 is 2.46 bits per heavy atom. The number of fused-ring (bicyclic) bond motifs is 1. The highest BCUT2D eigenvalue weighted by Crippen LogP contribution is 2.42. The summed E-state index contributed by atoms with van der Waals surface area (Å²) < 4.78 is 78.3. The summed E-state index contributed by atoms with van der Waals surface area (Å²) in [5.41, 5.74) is -1.77. The maximum absolute atomic E-state index is 13.4. The van der Waals surface area contributed by atoms with Crippen molar-refractivity contribution in [1.29, 1.82) is 0 Å². The molecule has 0 atom stereocenters. The SMILES string of the molecule is O=c1[nH]c(C(F)(F)C(F)(F)F)nc2c1cnn2-c1cccc(F)c1. The Bertz CT molecular complexity index is 974. The van der Waals surface area contributed by atoms with Gasteiger partial charge in [0.05, 0.1) is 11.9 Å². The van der Waals surface area contributed by atoms with E-state index in [2.05, 4.69) is 10.1 Å². The van der Waals surface area contributed by atoms with Crippen molar-refractivity contribution < 1.29 is 26.3 Å². The molecule has 0 aliphatic heterocycles. The van der Waals surface area contributed by atoms with Gasteiger partial charge in [0.25, 0.3) is 5.56 Å². The Morgan fingerprint density at radius 2 is 1.83 bits per heavy atom. The van der Waals surface area contributed by atoms with Crippen LogP contribution in [0.5, 0.6) is 0 Å². The van der Waals surface area contributed by atoms with E-state index in [-0.39, 0.29) is 11.1 Å². The van der Waals surface area contributed by atoms with Crippen molar-refractivity contribution in [2.24, 2.45) is 0 Å². The van der Waals surface area contributed by atoms with E-state index in [0.717, 1.165) is 23.0 Å². The fraction of sp³-hybridized carbons (Fsp3) is 0.154. The molecule has 11 heteroatoms. The van der Waals surface area contributed by atoms with Crippen LogP contribution in [0.3, 0.4) is 0 Å². The lowest BCUT2D eigenvalue weighted by molar-refractivity contribution is -0.292. The number of alkyl halides is 5. The molecule has 2 aromatic heterocycles. The van der Waals surface area contributed by atoms with Gasteiger partial charge in [-0.2, -0.15) is 27.1 Å². The zero-order chi connectivity index (χ0) is 17.7. The minimum absolute atomic E-state index is 0.00405. The average molecular weight is 348 g/mol. The molecule has 0 aliphatic rings. The van der Waals surface area contributed by atoms with Gasteiger partial charge in [-0.1, -0.05) is 6.07 Å². The smallest absolute Gasteiger partial charge is 0.304 e. The lowest BCUT2D eigenvalue weighted by Crippen LogP contribution is -2.37. The molecule has 1 aromatic carbocycles. The molecule has 0 spiro atoms. The van der Waals surface area contributed by atoms with Gasteiger partial charge in [0.2, 0.25) is 0 Å². The van der Waals surface area contributed by atoms with Crippen LogP contribution in [0.25, 0.3) is 16.7 Å². The Hall–Kier alpha value is -2.85. The third-order valence-corrected chi connectivity index (χ3v) is 3.14. The van der Waals surface area contributed by atoms with Gasteiger partial charge in [-0.3, -0.25) is 4.79 Å². The highest BCUT2D eigenvalue weighted by atomic mass is 19.4. The van der Waals surface area contributed by atoms with E-state index in [1.807, 2.05) is 0 Å². The van der Waals surface area contributed by atoms with Crippen molar-refractivity contribution in [1.82, 2.24) is 19.7 Å². The molecular weight excluding hydrogens is 342 g/mol. The predicted octanol–water partition coefficient (Wildman–Crippen LogP) is 2.90. The van der Waals surface area contributed by atoms with Crippen molar-refractivity contribution in [3.63, 3.8) is 0 Å². The average Bonchev–Trinajstić information content (AvgIpc) is 2.90. The molecule has 0 fully saturated rings. The summed E-state index contributed by atoms with van der Waals surface area (Å²) in [6, 6.07) is 4.64. The molecule has 0 unspecified atom stereocenters. The van der Waals surface area contributed by atoms with E-state index in [9.17, 15) is 31.1 Å². The van der Waals surface area contributed by atoms with Crippen LogP contribution in [-0.2, 0) is 5.92 Å². The molecule has 5 nitrogen and oxygen atoms in total. The molecule has 0 saturated heterocycles. The fourth-order valence-electron chi connectivity index (χ4n) is 2.00. The maximum Gasteiger partial charge on any atom is 0.461 e. The third kappa shape index (κ3) is 2.41. The highest BCUT2D eigenvalue weighted by molar-refractivity contribution is 5.75. The first-order valence-corrected chi connectivity index (χ1v) is 6.30. The van der Waals surface area contributed by atoms with Crippen LogP contribution >= 0.6 is 0 Å². The standard InChI is InChI=1S/C13H6F6N4O/c14-6-2-1-3-7(4-6)23-9-8(5-20-23)10(24)22-11(21-9)12(15,16)13(17,18)19/h1-5H,(H,21,22,24). The zero-order valence-electron chi connectivity index (χ0n) is 11.4. The Kier molecular flexibility index (Phi) is 3.39. The summed E-state index contributed by atoms with van der Waals surface area (Å²) in [7, 11) is 0. The number of rotatable bonds is 2. The van der Waals surface area contributed by atoms with Crippen LogP contribution in [0, 0.1) is 5.82 Å². The van der Waals surface area contributed by atoms with Crippen LogP contribution in [0.2, 0.25) is 0 Å². The van der Waals surface area contributed by atoms with E-state index in [4.69, 9.17) is 0 Å². The van der Waals surface area contributed by atoms with Gasteiger partial charge in [-0.05, 0) is 18.2 Å². The number of benzene rings is 1. The van der Waals surface area contributed by atoms with Crippen LogP contribution in [0.4, 0.5) is 26.3 Å². The van der Waals surface area contributed by atoms with Crippen molar-refractivity contribution in [3.05, 3.63) is 52.5 Å². The molecule has 126 valence electrons. The van der Waals surface area contributed by atoms with E-state index >= 15 is 0 Å². The number of aromatic amines is 1. The summed E-state index contributed by atoms with van der Waals surface area (Å²) in [6.07, 6.45) is -5.01. The summed E-state index contributed by atoms with van der Waals surface area (Å²) >= 11 is 0. The molecule has 24 heavy (non-hydrogen) atoms. The molecule has 0 bridgehead atoms. The Morgan fingerprint density at radius 1 is 1.12 bits per heavy atom. The van der Waals surface area contributed by atoms with Crippen LogP contribution in [0.15, 0.2) is 35.3 Å². The van der Waals surface area contributed by atoms with Crippen molar-refractivity contribution >= 4 is 11.0 Å². The second kappa shape index (κ2) is 5.08. The second-order valence-electron chi connectivity index (χ2n) is 4.76. The second-order valence-corrected chi connectivity index (χ2v) is 4.76. The summed E-state index contributed by atoms with van der Waals surface area (Å²) in [5.74, 6) is -7.93. The number of halogens is 6. The molecule has 1 N–H and O–H groups in total. The monoisotopic (exact) mass is 348 g/mol. The van der Waals surface area contributed by atoms with Crippen LogP contribution in [0.1, 0.15) is 5.82 Å². The lowest BCUT2D eigenvalue weighted by Gasteiger charge is -2.18. The molecule has 3 aromatic rings. The largest absolute Gasteiger partial charge is 0.461 e. The number of hydrogen-bond acceptors (Lipinski definition) is 3. The van der Waals surface area contributed by atoms with Gasteiger partial charge in [-0.15, -0.1) is 0 Å². The molecule has 0 amide bonds. The first-order valence-electron chi connectivity index (χ1n) is 6.30. The molecule has 2 heterocycles. The normalized spacial score (nSPS) is 12.8. The van der Waals surface area contributed by atoms with E-state index in [1.54, 1.807) is 0 Å². The molecular formula is C13H6F6N4O. The minimum Gasteiger partial charge on any atom is -0.304 e. The highest BCUT2D eigenvalue weighted by Gasteiger charge is 2.61. The van der Waals surface area contributed by atoms with Gasteiger partial charge in [0, 0.05) is 0 Å². The predicted molar refractivity (Wildman–Crippen MR) is 69.4 cm³/mol. The summed E-state index contributed by atoms with van der Waals surface area (Å²) in [4.78, 5) is 16.4. The van der Waals surface area contributed by atoms with E-state index in [0.29, 0.717) is 0 Å². The molecule has 3 rings (SSSR count). The van der Waals surface area contributed by atoms with Crippen molar-refractivity contribution in [2.45, 2.75) is 12.1 Å². The number of hydrogen-bond donors (Lipinski definition) is 1.